The summed E-state index contributed by atoms with van der Waals surface area (Å²) >= 11 is 0. The lowest BCUT2D eigenvalue weighted by molar-refractivity contribution is -0.125. The molecule has 0 saturated carbocycles. The van der Waals surface area contributed by atoms with E-state index in [1.807, 2.05) is 42.5 Å². The largest absolute Gasteiger partial charge is 0.485 e. The molecule has 0 saturated heterocycles. The molecule has 1 aliphatic heterocycles. The summed E-state index contributed by atoms with van der Waals surface area (Å²) < 4.78 is 11.4. The number of fused-ring (bicyclic) bond motifs is 1. The minimum Gasteiger partial charge on any atom is -0.485 e. The number of amides is 1. The molecule has 1 heterocycles. The molecule has 0 bridgehead atoms. The Hall–Kier alpha value is -2.49. The average molecular weight is 311 g/mol. The quantitative estimate of drug-likeness (QED) is 0.938. The maximum absolute atomic E-state index is 12.6. The van der Waals surface area contributed by atoms with Crippen LogP contribution < -0.4 is 14.8 Å². The van der Waals surface area contributed by atoms with Crippen LogP contribution in [0.2, 0.25) is 0 Å². The van der Waals surface area contributed by atoms with Crippen molar-refractivity contribution in [3.8, 4) is 11.5 Å². The highest BCUT2D eigenvalue weighted by molar-refractivity contribution is 5.96. The third-order valence-corrected chi connectivity index (χ3v) is 4.05. The van der Waals surface area contributed by atoms with E-state index in [1.54, 1.807) is 0 Å². The number of aryl methyl sites for hydroxylation is 2. The normalized spacial score (nSPS) is 16.0. The Balaban J connectivity index is 1.78. The standard InChI is InChI=1S/C19H21NO3/c1-3-13-8-7-9-14(4-2)18(13)20-19(21)17-12-22-15-10-5-6-11-16(15)23-17/h5-11,17H,3-4,12H2,1-2H3,(H,20,21). The van der Waals surface area contributed by atoms with Gasteiger partial charge in [-0.1, -0.05) is 44.2 Å². The fraction of sp³-hybridized carbons (Fsp3) is 0.316. The first-order valence-electron chi connectivity index (χ1n) is 8.03. The van der Waals surface area contributed by atoms with E-state index in [1.165, 1.54) is 0 Å². The van der Waals surface area contributed by atoms with Gasteiger partial charge in [0.15, 0.2) is 11.5 Å². The van der Waals surface area contributed by atoms with Crippen LogP contribution in [0.1, 0.15) is 25.0 Å². The fourth-order valence-corrected chi connectivity index (χ4v) is 2.76. The van der Waals surface area contributed by atoms with Crippen molar-refractivity contribution in [3.05, 3.63) is 53.6 Å². The maximum Gasteiger partial charge on any atom is 0.269 e. The third-order valence-electron chi connectivity index (χ3n) is 4.05. The van der Waals surface area contributed by atoms with Gasteiger partial charge in [-0.25, -0.2) is 0 Å². The number of carbonyl (C=O) groups is 1. The van der Waals surface area contributed by atoms with E-state index >= 15 is 0 Å². The topological polar surface area (TPSA) is 47.6 Å². The van der Waals surface area contributed by atoms with Gasteiger partial charge in [-0.15, -0.1) is 0 Å². The van der Waals surface area contributed by atoms with E-state index in [2.05, 4.69) is 19.2 Å². The molecule has 0 spiro atoms. The Morgan fingerprint density at radius 1 is 1.04 bits per heavy atom. The Morgan fingerprint density at radius 2 is 1.70 bits per heavy atom. The van der Waals surface area contributed by atoms with E-state index in [0.29, 0.717) is 11.5 Å². The van der Waals surface area contributed by atoms with Gasteiger partial charge in [0.2, 0.25) is 6.10 Å². The molecular weight excluding hydrogens is 290 g/mol. The number of nitrogens with one attached hydrogen (secondary N) is 1. The third kappa shape index (κ3) is 3.16. The number of anilines is 1. The molecule has 0 radical (unpaired) electrons. The van der Waals surface area contributed by atoms with Crippen LogP contribution in [0.25, 0.3) is 0 Å². The molecule has 23 heavy (non-hydrogen) atoms. The predicted octanol–water partition coefficient (Wildman–Crippen LogP) is 3.59. The van der Waals surface area contributed by atoms with Gasteiger partial charge in [0.25, 0.3) is 5.91 Å². The minimum atomic E-state index is -0.639. The Labute approximate surface area is 136 Å². The van der Waals surface area contributed by atoms with Gasteiger partial charge < -0.3 is 14.8 Å². The summed E-state index contributed by atoms with van der Waals surface area (Å²) in [7, 11) is 0. The van der Waals surface area contributed by atoms with Crippen molar-refractivity contribution in [1.29, 1.82) is 0 Å². The van der Waals surface area contributed by atoms with Crippen LogP contribution in [0.4, 0.5) is 5.69 Å². The van der Waals surface area contributed by atoms with E-state index < -0.39 is 6.10 Å². The van der Waals surface area contributed by atoms with Gasteiger partial charge in [-0.2, -0.15) is 0 Å². The Morgan fingerprint density at radius 3 is 2.35 bits per heavy atom. The van der Waals surface area contributed by atoms with Crippen molar-refractivity contribution in [1.82, 2.24) is 0 Å². The molecule has 0 fully saturated rings. The second-order valence-electron chi connectivity index (χ2n) is 5.51. The van der Waals surface area contributed by atoms with Crippen molar-refractivity contribution < 1.29 is 14.3 Å². The van der Waals surface area contributed by atoms with Crippen molar-refractivity contribution in [2.75, 3.05) is 11.9 Å². The maximum atomic E-state index is 12.6. The smallest absolute Gasteiger partial charge is 0.269 e. The van der Waals surface area contributed by atoms with Gasteiger partial charge in [-0.3, -0.25) is 4.79 Å². The Kier molecular flexibility index (Phi) is 4.51. The fourth-order valence-electron chi connectivity index (χ4n) is 2.76. The molecular formula is C19H21NO3. The number of benzene rings is 2. The average Bonchev–Trinajstić information content (AvgIpc) is 2.61. The molecule has 4 nitrogen and oxygen atoms in total. The molecule has 120 valence electrons. The summed E-state index contributed by atoms with van der Waals surface area (Å²) in [4.78, 5) is 12.6. The van der Waals surface area contributed by atoms with Crippen LogP contribution in [-0.4, -0.2) is 18.6 Å². The van der Waals surface area contributed by atoms with E-state index in [4.69, 9.17) is 9.47 Å². The van der Waals surface area contributed by atoms with E-state index in [-0.39, 0.29) is 12.5 Å². The number of hydrogen-bond donors (Lipinski definition) is 1. The minimum absolute atomic E-state index is 0.171. The van der Waals surface area contributed by atoms with Gasteiger partial charge >= 0.3 is 0 Å². The van der Waals surface area contributed by atoms with Gasteiger partial charge in [0.1, 0.15) is 6.61 Å². The number of rotatable bonds is 4. The lowest BCUT2D eigenvalue weighted by atomic mass is 10.0. The summed E-state index contributed by atoms with van der Waals surface area (Å²) in [5, 5.41) is 3.04. The van der Waals surface area contributed by atoms with Crippen molar-refractivity contribution in [2.45, 2.75) is 32.8 Å². The van der Waals surface area contributed by atoms with E-state index in [9.17, 15) is 4.79 Å². The number of para-hydroxylation sites is 3. The summed E-state index contributed by atoms with van der Waals surface area (Å²) in [6.45, 7) is 4.39. The monoisotopic (exact) mass is 311 g/mol. The zero-order valence-corrected chi connectivity index (χ0v) is 13.5. The Bertz CT molecular complexity index is 689. The number of ether oxygens (including phenoxy) is 2. The first-order chi connectivity index (χ1) is 11.2. The number of hydrogen-bond acceptors (Lipinski definition) is 3. The summed E-state index contributed by atoms with van der Waals surface area (Å²) in [5.74, 6) is 1.12. The summed E-state index contributed by atoms with van der Waals surface area (Å²) in [6, 6.07) is 13.5. The lowest BCUT2D eigenvalue weighted by Crippen LogP contribution is -2.40. The molecule has 0 aliphatic carbocycles. The van der Waals surface area contributed by atoms with Crippen LogP contribution in [0.15, 0.2) is 42.5 Å². The second-order valence-corrected chi connectivity index (χ2v) is 5.51. The molecule has 0 aromatic heterocycles. The highest BCUT2D eigenvalue weighted by atomic mass is 16.6. The molecule has 1 amide bonds. The molecule has 1 aliphatic rings. The molecule has 1 N–H and O–H groups in total. The van der Waals surface area contributed by atoms with Gasteiger partial charge in [-0.05, 0) is 36.1 Å². The lowest BCUT2D eigenvalue weighted by Gasteiger charge is -2.26. The van der Waals surface area contributed by atoms with Crippen LogP contribution >= 0.6 is 0 Å². The first-order valence-corrected chi connectivity index (χ1v) is 8.03. The molecule has 4 heteroatoms. The second kappa shape index (κ2) is 6.73. The van der Waals surface area contributed by atoms with Gasteiger partial charge in [0.05, 0.1) is 0 Å². The molecule has 3 rings (SSSR count). The number of carbonyl (C=O) groups excluding carboxylic acids is 1. The molecule has 2 aromatic carbocycles. The highest BCUT2D eigenvalue weighted by Gasteiger charge is 2.28. The van der Waals surface area contributed by atoms with Crippen LogP contribution in [-0.2, 0) is 17.6 Å². The first kappa shape index (κ1) is 15.4. The highest BCUT2D eigenvalue weighted by Crippen LogP contribution is 2.31. The summed E-state index contributed by atoms with van der Waals surface area (Å²) in [5.41, 5.74) is 3.18. The van der Waals surface area contributed by atoms with Crippen LogP contribution in [0.5, 0.6) is 11.5 Å². The molecule has 1 unspecified atom stereocenters. The predicted molar refractivity (Wildman–Crippen MR) is 90.2 cm³/mol. The van der Waals surface area contributed by atoms with Crippen LogP contribution in [0, 0.1) is 0 Å². The van der Waals surface area contributed by atoms with Crippen molar-refractivity contribution in [3.63, 3.8) is 0 Å². The van der Waals surface area contributed by atoms with Gasteiger partial charge in [0, 0.05) is 5.69 Å². The van der Waals surface area contributed by atoms with Crippen LogP contribution in [0.3, 0.4) is 0 Å². The van der Waals surface area contributed by atoms with E-state index in [0.717, 1.165) is 29.7 Å². The zero-order valence-electron chi connectivity index (χ0n) is 13.5. The molecule has 1 atom stereocenters. The van der Waals surface area contributed by atoms with Crippen molar-refractivity contribution in [2.24, 2.45) is 0 Å². The molecule has 2 aromatic rings. The SMILES string of the molecule is CCc1cccc(CC)c1NC(=O)C1COc2ccccc2O1. The van der Waals surface area contributed by atoms with Crippen molar-refractivity contribution >= 4 is 11.6 Å². The zero-order chi connectivity index (χ0) is 16.2. The summed E-state index contributed by atoms with van der Waals surface area (Å²) in [6.07, 6.45) is 1.10.